The third-order valence-corrected chi connectivity index (χ3v) is 2.41. The molecule has 1 aromatic rings. The van der Waals surface area contributed by atoms with Gasteiger partial charge in [-0.3, -0.25) is 0 Å². The third kappa shape index (κ3) is 2.85. The van der Waals surface area contributed by atoms with Gasteiger partial charge in [0.15, 0.2) is 17.4 Å². The van der Waals surface area contributed by atoms with Crippen molar-refractivity contribution in [3.05, 3.63) is 41.5 Å². The number of carbonyl (C=O) groups excluding carboxylic acids is 1. The van der Waals surface area contributed by atoms with Crippen LogP contribution in [0.3, 0.4) is 0 Å². The van der Waals surface area contributed by atoms with Crippen molar-refractivity contribution in [1.82, 2.24) is 0 Å². The van der Waals surface area contributed by atoms with Gasteiger partial charge in [-0.05, 0) is 32.9 Å². The highest BCUT2D eigenvalue weighted by atomic mass is 19.1. The van der Waals surface area contributed by atoms with Gasteiger partial charge >= 0.3 is 5.97 Å². The second-order valence-electron chi connectivity index (χ2n) is 4.47. The lowest BCUT2D eigenvalue weighted by Crippen LogP contribution is -2.26. The molecule has 1 rings (SSSR count). The Balaban J connectivity index is 3.12. The molecule has 0 fully saturated rings. The molecule has 18 heavy (non-hydrogen) atoms. The molecule has 5 heteroatoms. The van der Waals surface area contributed by atoms with Gasteiger partial charge < -0.3 is 9.84 Å². The van der Waals surface area contributed by atoms with E-state index in [9.17, 15) is 13.6 Å². The molecule has 0 saturated heterocycles. The third-order valence-electron chi connectivity index (χ3n) is 2.41. The van der Waals surface area contributed by atoms with Gasteiger partial charge in [0.2, 0.25) is 0 Å². The molecular formula is C13H14F2O3. The number of phenolic OH excluding ortho intramolecular Hbond substituents is 1. The second-order valence-corrected chi connectivity index (χ2v) is 4.47. The number of hydrogen-bond donors (Lipinski definition) is 1. The number of hydrogen-bond acceptors (Lipinski definition) is 3. The summed E-state index contributed by atoms with van der Waals surface area (Å²) in [6.45, 7) is 7.86. The molecule has 0 aliphatic carbocycles. The molecule has 0 radical (unpaired) electrons. The lowest BCUT2D eigenvalue weighted by atomic mass is 9.97. The molecule has 0 bridgehead atoms. The molecule has 0 atom stereocenters. The van der Waals surface area contributed by atoms with E-state index in [0.29, 0.717) is 0 Å². The predicted molar refractivity (Wildman–Crippen MR) is 62.0 cm³/mol. The van der Waals surface area contributed by atoms with Crippen molar-refractivity contribution in [1.29, 1.82) is 0 Å². The van der Waals surface area contributed by atoms with Crippen molar-refractivity contribution in [2.24, 2.45) is 0 Å². The van der Waals surface area contributed by atoms with Crippen LogP contribution in [-0.4, -0.2) is 11.1 Å². The minimum absolute atomic E-state index is 0.102. The molecule has 0 saturated carbocycles. The Morgan fingerprint density at radius 3 is 2.17 bits per heavy atom. The maximum absolute atomic E-state index is 13.2. The van der Waals surface area contributed by atoms with Crippen molar-refractivity contribution in [3.8, 4) is 5.75 Å². The number of rotatable bonds is 3. The van der Waals surface area contributed by atoms with Gasteiger partial charge in [0.05, 0.1) is 0 Å². The van der Waals surface area contributed by atoms with Crippen LogP contribution in [0.5, 0.6) is 5.75 Å². The van der Waals surface area contributed by atoms with Gasteiger partial charge in [-0.1, -0.05) is 6.58 Å². The zero-order valence-corrected chi connectivity index (χ0v) is 10.4. The number of halogens is 2. The first kappa shape index (κ1) is 14.2. The van der Waals surface area contributed by atoms with Crippen molar-refractivity contribution < 1.29 is 23.4 Å². The summed E-state index contributed by atoms with van der Waals surface area (Å²) >= 11 is 0. The van der Waals surface area contributed by atoms with Crippen LogP contribution in [0.2, 0.25) is 0 Å². The predicted octanol–water partition coefficient (Wildman–Crippen LogP) is 3.02. The van der Waals surface area contributed by atoms with Gasteiger partial charge in [0, 0.05) is 11.1 Å². The standard InChI is InChI=1S/C13H14F2O3/c1-7(2)12(17)18-13(3,4)8-5-9(14)11(16)10(15)6-8/h5-6,16H,1H2,2-4H3. The molecule has 0 aliphatic heterocycles. The summed E-state index contributed by atoms with van der Waals surface area (Å²) in [7, 11) is 0. The molecule has 1 N–H and O–H groups in total. The highest BCUT2D eigenvalue weighted by Crippen LogP contribution is 2.30. The summed E-state index contributed by atoms with van der Waals surface area (Å²) in [5.41, 5.74) is -0.946. The van der Waals surface area contributed by atoms with Gasteiger partial charge in [0.25, 0.3) is 0 Å². The van der Waals surface area contributed by atoms with Crippen molar-refractivity contribution in [2.75, 3.05) is 0 Å². The van der Waals surface area contributed by atoms with Crippen LogP contribution in [-0.2, 0) is 15.1 Å². The molecule has 0 heterocycles. The van der Waals surface area contributed by atoms with E-state index in [4.69, 9.17) is 9.84 Å². The van der Waals surface area contributed by atoms with E-state index in [1.165, 1.54) is 20.8 Å². The highest BCUT2D eigenvalue weighted by Gasteiger charge is 2.28. The number of aromatic hydroxyl groups is 1. The molecule has 0 aliphatic rings. The van der Waals surface area contributed by atoms with Crippen LogP contribution in [0.1, 0.15) is 26.3 Å². The van der Waals surface area contributed by atoms with Crippen LogP contribution in [0.4, 0.5) is 8.78 Å². The number of carbonyl (C=O) groups is 1. The molecule has 0 amide bonds. The largest absolute Gasteiger partial charge is 0.503 e. The summed E-state index contributed by atoms with van der Waals surface area (Å²) in [5, 5.41) is 8.99. The first-order valence-corrected chi connectivity index (χ1v) is 5.22. The van der Waals surface area contributed by atoms with Crippen LogP contribution >= 0.6 is 0 Å². The molecule has 98 valence electrons. The Morgan fingerprint density at radius 2 is 1.78 bits per heavy atom. The van der Waals surface area contributed by atoms with E-state index in [-0.39, 0.29) is 11.1 Å². The molecule has 0 unspecified atom stereocenters. The Bertz CT molecular complexity index is 484. The van der Waals surface area contributed by atoms with Crippen molar-refractivity contribution in [2.45, 2.75) is 26.4 Å². The molecule has 0 aromatic heterocycles. The minimum Gasteiger partial charge on any atom is -0.503 e. The fraction of sp³-hybridized carbons (Fsp3) is 0.308. The zero-order valence-electron chi connectivity index (χ0n) is 10.4. The molecular weight excluding hydrogens is 242 g/mol. The lowest BCUT2D eigenvalue weighted by molar-refractivity contribution is -0.152. The first-order chi connectivity index (χ1) is 8.15. The van der Waals surface area contributed by atoms with Crippen LogP contribution in [0, 0.1) is 11.6 Å². The van der Waals surface area contributed by atoms with E-state index in [0.717, 1.165) is 12.1 Å². The first-order valence-electron chi connectivity index (χ1n) is 5.22. The van der Waals surface area contributed by atoms with Crippen LogP contribution in [0.15, 0.2) is 24.3 Å². The van der Waals surface area contributed by atoms with E-state index in [1.807, 2.05) is 0 Å². The molecule has 0 spiro atoms. The van der Waals surface area contributed by atoms with Crippen molar-refractivity contribution in [3.63, 3.8) is 0 Å². The summed E-state index contributed by atoms with van der Waals surface area (Å²) in [6, 6.07) is 1.84. The van der Waals surface area contributed by atoms with Gasteiger partial charge in [0.1, 0.15) is 5.60 Å². The average Bonchev–Trinajstić information content (AvgIpc) is 2.24. The fourth-order valence-corrected chi connectivity index (χ4v) is 1.29. The topological polar surface area (TPSA) is 46.5 Å². The lowest BCUT2D eigenvalue weighted by Gasteiger charge is -2.26. The molecule has 3 nitrogen and oxygen atoms in total. The summed E-state index contributed by atoms with van der Waals surface area (Å²) in [6.07, 6.45) is 0. The van der Waals surface area contributed by atoms with Crippen LogP contribution < -0.4 is 0 Å². The van der Waals surface area contributed by atoms with Gasteiger partial charge in [-0.25, -0.2) is 13.6 Å². The van der Waals surface area contributed by atoms with E-state index >= 15 is 0 Å². The summed E-state index contributed by atoms with van der Waals surface area (Å²) < 4.78 is 31.5. The van der Waals surface area contributed by atoms with Gasteiger partial charge in [-0.15, -0.1) is 0 Å². The number of ether oxygens (including phenoxy) is 1. The SMILES string of the molecule is C=C(C)C(=O)OC(C)(C)c1cc(F)c(O)c(F)c1. The minimum atomic E-state index is -1.23. The Hall–Kier alpha value is -1.91. The average molecular weight is 256 g/mol. The van der Waals surface area contributed by atoms with Crippen LogP contribution in [0.25, 0.3) is 0 Å². The van der Waals surface area contributed by atoms with Gasteiger partial charge in [-0.2, -0.15) is 0 Å². The maximum Gasteiger partial charge on any atom is 0.333 e. The molecule has 1 aromatic carbocycles. The van der Waals surface area contributed by atoms with E-state index in [2.05, 4.69) is 6.58 Å². The second kappa shape index (κ2) is 4.76. The summed E-state index contributed by atoms with van der Waals surface area (Å²) in [4.78, 5) is 11.4. The number of esters is 1. The Kier molecular flexibility index (Phi) is 3.74. The van der Waals surface area contributed by atoms with Crippen molar-refractivity contribution >= 4 is 5.97 Å². The number of phenols is 1. The monoisotopic (exact) mass is 256 g/mol. The van der Waals surface area contributed by atoms with E-state index in [1.54, 1.807) is 0 Å². The zero-order chi connectivity index (χ0) is 14.1. The number of benzene rings is 1. The van der Waals surface area contributed by atoms with E-state index < -0.39 is 29.0 Å². The Labute approximate surface area is 104 Å². The quantitative estimate of drug-likeness (QED) is 0.668. The fourth-order valence-electron chi connectivity index (χ4n) is 1.29. The summed E-state index contributed by atoms with van der Waals surface area (Å²) in [5.74, 6) is -3.93. The normalized spacial score (nSPS) is 11.2. The maximum atomic E-state index is 13.2. The highest BCUT2D eigenvalue weighted by molar-refractivity contribution is 5.87. The smallest absolute Gasteiger partial charge is 0.333 e. The Morgan fingerprint density at radius 1 is 1.33 bits per heavy atom.